The molecular weight excluding hydrogens is 777 g/mol. The lowest BCUT2D eigenvalue weighted by atomic mass is 9.82. The molecule has 1 aliphatic rings. The van der Waals surface area contributed by atoms with E-state index in [-0.39, 0.29) is 5.41 Å². The summed E-state index contributed by atoms with van der Waals surface area (Å²) in [6, 6.07) is 79.8. The van der Waals surface area contributed by atoms with E-state index >= 15 is 0 Å². The number of hydrogen-bond acceptors (Lipinski definition) is 2. The fourth-order valence-electron chi connectivity index (χ4n) is 10.9. The number of aromatic nitrogens is 1. The summed E-state index contributed by atoms with van der Waals surface area (Å²) in [7, 11) is 0. The van der Waals surface area contributed by atoms with Gasteiger partial charge in [0.15, 0.2) is 0 Å². The number of benzene rings is 10. The third-order valence-electron chi connectivity index (χ3n) is 13.8. The molecule has 302 valence electrons. The van der Waals surface area contributed by atoms with Crippen molar-refractivity contribution in [3.05, 3.63) is 230 Å². The van der Waals surface area contributed by atoms with Gasteiger partial charge in [0.25, 0.3) is 0 Å². The van der Waals surface area contributed by atoms with Gasteiger partial charge in [0.2, 0.25) is 0 Å². The molecule has 10 aromatic carbocycles. The van der Waals surface area contributed by atoms with Crippen LogP contribution >= 0.6 is 0 Å². The van der Waals surface area contributed by atoms with Crippen molar-refractivity contribution in [1.29, 1.82) is 0 Å². The van der Waals surface area contributed by atoms with E-state index < -0.39 is 0 Å². The minimum Gasteiger partial charge on any atom is -0.456 e. The van der Waals surface area contributed by atoms with Crippen LogP contribution in [0.1, 0.15) is 25.0 Å². The Labute approximate surface area is 371 Å². The number of hydrogen-bond donors (Lipinski definition) is 0. The summed E-state index contributed by atoms with van der Waals surface area (Å²) in [6.07, 6.45) is 0. The summed E-state index contributed by atoms with van der Waals surface area (Å²) in [5.74, 6) is 0. The van der Waals surface area contributed by atoms with Gasteiger partial charge >= 0.3 is 0 Å². The molecule has 0 amide bonds. The topological polar surface area (TPSA) is 21.3 Å². The molecule has 13 rings (SSSR count). The molecule has 2 heterocycles. The smallest absolute Gasteiger partial charge is 0.136 e. The van der Waals surface area contributed by atoms with Gasteiger partial charge in [0.05, 0.1) is 22.4 Å². The number of anilines is 3. The van der Waals surface area contributed by atoms with E-state index in [0.29, 0.717) is 0 Å². The summed E-state index contributed by atoms with van der Waals surface area (Å²) in [4.78, 5) is 2.47. The van der Waals surface area contributed by atoms with Crippen molar-refractivity contribution < 1.29 is 4.42 Å². The monoisotopic (exact) mass is 818 g/mol. The maximum Gasteiger partial charge on any atom is 0.136 e. The van der Waals surface area contributed by atoms with Gasteiger partial charge in [-0.3, -0.25) is 0 Å². The highest BCUT2D eigenvalue weighted by atomic mass is 16.3. The molecule has 1 aliphatic carbocycles. The van der Waals surface area contributed by atoms with Gasteiger partial charge in [-0.05, 0) is 105 Å². The molecule has 12 aromatic rings. The predicted octanol–water partition coefficient (Wildman–Crippen LogP) is 16.9. The lowest BCUT2D eigenvalue weighted by molar-refractivity contribution is 0.660. The van der Waals surface area contributed by atoms with Crippen molar-refractivity contribution in [3.63, 3.8) is 0 Å². The van der Waals surface area contributed by atoms with Crippen molar-refractivity contribution in [1.82, 2.24) is 4.57 Å². The zero-order valence-corrected chi connectivity index (χ0v) is 35.6. The van der Waals surface area contributed by atoms with Crippen molar-refractivity contribution in [2.45, 2.75) is 19.3 Å². The normalized spacial score (nSPS) is 13.0. The Bertz CT molecular complexity index is 3770. The largest absolute Gasteiger partial charge is 0.456 e. The van der Waals surface area contributed by atoms with E-state index in [1.165, 1.54) is 60.4 Å². The summed E-state index contributed by atoms with van der Waals surface area (Å²) in [6.45, 7) is 4.71. The molecule has 0 saturated heterocycles. The first-order valence-corrected chi connectivity index (χ1v) is 22.2. The number of rotatable bonds is 6. The van der Waals surface area contributed by atoms with E-state index in [2.05, 4.69) is 236 Å². The fraction of sp³-hybridized carbons (Fsp3) is 0.0492. The number of nitrogens with zero attached hydrogens (tertiary/aromatic N) is 2. The second-order valence-corrected chi connectivity index (χ2v) is 17.6. The Balaban J connectivity index is 1.03. The molecule has 3 heteroatoms. The number of furan rings is 1. The third-order valence-corrected chi connectivity index (χ3v) is 13.8. The SMILES string of the molecule is CC1(C)c2ccccc2-c2c(N(c3ccc(-c4c(-n5c6ccccc6c6ccccc65)ccc5ccccc45)cc3)c3cccc(-c4cccc5oc6ccccc6c45)c3)cccc21. The van der Waals surface area contributed by atoms with Crippen LogP contribution in [-0.4, -0.2) is 4.57 Å². The van der Waals surface area contributed by atoms with Gasteiger partial charge in [-0.15, -0.1) is 0 Å². The molecule has 0 spiro atoms. The quantitative estimate of drug-likeness (QED) is 0.167. The Morgan fingerprint density at radius 2 is 1.05 bits per heavy atom. The molecule has 0 atom stereocenters. The molecule has 0 N–H and O–H groups in total. The Hall–Kier alpha value is -8.14. The van der Waals surface area contributed by atoms with Crippen LogP contribution < -0.4 is 4.90 Å². The van der Waals surface area contributed by atoms with Gasteiger partial charge in [0, 0.05) is 49.5 Å². The minimum atomic E-state index is -0.144. The second-order valence-electron chi connectivity index (χ2n) is 17.6. The van der Waals surface area contributed by atoms with Crippen LogP contribution in [0, 0.1) is 0 Å². The molecule has 0 saturated carbocycles. The zero-order valence-electron chi connectivity index (χ0n) is 35.6. The highest BCUT2D eigenvalue weighted by Crippen LogP contribution is 2.54. The zero-order chi connectivity index (χ0) is 42.5. The van der Waals surface area contributed by atoms with E-state index in [9.17, 15) is 0 Å². The van der Waals surface area contributed by atoms with Gasteiger partial charge < -0.3 is 13.9 Å². The van der Waals surface area contributed by atoms with Gasteiger partial charge in [-0.2, -0.15) is 0 Å². The standard InChI is InChI=1S/C61H42N2O/c1-61(2)50-25-9-5-22-48(50)60-51(61)26-15-29-54(60)62(43-18-13-17-41(38-43)45-24-14-31-57-59(45)49-23-8-12-30-56(49)64-57)42-35-32-40(33-36-42)58-44-19-4-3-16-39(44)34-37-55(58)63-52-27-10-6-20-46(52)47-21-7-11-28-53(47)63/h3-38H,1-2H3. The second kappa shape index (κ2) is 13.9. The van der Waals surface area contributed by atoms with E-state index in [4.69, 9.17) is 4.42 Å². The molecule has 0 aliphatic heterocycles. The van der Waals surface area contributed by atoms with Crippen LogP contribution in [0.15, 0.2) is 223 Å². The Kier molecular flexibility index (Phi) is 7.95. The maximum atomic E-state index is 6.37. The van der Waals surface area contributed by atoms with Crippen molar-refractivity contribution in [2.24, 2.45) is 0 Å². The summed E-state index contributed by atoms with van der Waals surface area (Å²) >= 11 is 0. The van der Waals surface area contributed by atoms with Crippen LogP contribution in [-0.2, 0) is 5.41 Å². The minimum absolute atomic E-state index is 0.144. The summed E-state index contributed by atoms with van der Waals surface area (Å²) in [5, 5.41) is 7.20. The van der Waals surface area contributed by atoms with Crippen LogP contribution in [0.3, 0.4) is 0 Å². The first-order chi connectivity index (χ1) is 31.5. The van der Waals surface area contributed by atoms with Gasteiger partial charge in [-0.1, -0.05) is 172 Å². The van der Waals surface area contributed by atoms with Crippen LogP contribution in [0.4, 0.5) is 17.1 Å². The first-order valence-electron chi connectivity index (χ1n) is 22.2. The van der Waals surface area contributed by atoms with E-state index in [0.717, 1.165) is 61.4 Å². The summed E-state index contributed by atoms with van der Waals surface area (Å²) in [5.41, 5.74) is 18.5. The molecular formula is C61H42N2O. The molecule has 3 nitrogen and oxygen atoms in total. The molecule has 0 unspecified atom stereocenters. The lowest BCUT2D eigenvalue weighted by Crippen LogP contribution is -2.16. The first kappa shape index (κ1) is 36.5. The van der Waals surface area contributed by atoms with Gasteiger partial charge in [0.1, 0.15) is 11.2 Å². The third kappa shape index (κ3) is 5.34. The van der Waals surface area contributed by atoms with Crippen LogP contribution in [0.25, 0.3) is 93.6 Å². The number of para-hydroxylation sites is 3. The van der Waals surface area contributed by atoms with E-state index in [1.807, 2.05) is 6.07 Å². The Morgan fingerprint density at radius 1 is 0.422 bits per heavy atom. The Morgan fingerprint density at radius 3 is 1.86 bits per heavy atom. The van der Waals surface area contributed by atoms with Crippen LogP contribution in [0.2, 0.25) is 0 Å². The average molecular weight is 819 g/mol. The molecule has 2 aromatic heterocycles. The number of fused-ring (bicyclic) bond motifs is 10. The highest BCUT2D eigenvalue weighted by Gasteiger charge is 2.37. The fourth-order valence-corrected chi connectivity index (χ4v) is 10.9. The molecule has 0 fully saturated rings. The van der Waals surface area contributed by atoms with Crippen LogP contribution in [0.5, 0.6) is 0 Å². The predicted molar refractivity (Wildman–Crippen MR) is 269 cm³/mol. The van der Waals surface area contributed by atoms with E-state index in [1.54, 1.807) is 0 Å². The maximum absolute atomic E-state index is 6.37. The highest BCUT2D eigenvalue weighted by molar-refractivity contribution is 6.13. The molecule has 0 bridgehead atoms. The summed E-state index contributed by atoms with van der Waals surface area (Å²) < 4.78 is 8.82. The van der Waals surface area contributed by atoms with Crippen molar-refractivity contribution in [2.75, 3.05) is 4.90 Å². The van der Waals surface area contributed by atoms with Crippen molar-refractivity contribution >= 4 is 71.6 Å². The average Bonchev–Trinajstić information content (AvgIpc) is 3.97. The van der Waals surface area contributed by atoms with Crippen molar-refractivity contribution in [3.8, 4) is 39.1 Å². The van der Waals surface area contributed by atoms with Gasteiger partial charge in [-0.25, -0.2) is 0 Å². The molecule has 0 radical (unpaired) electrons. The lowest BCUT2D eigenvalue weighted by Gasteiger charge is -2.29. The molecule has 64 heavy (non-hydrogen) atoms.